The van der Waals surface area contributed by atoms with Crippen molar-refractivity contribution in [1.82, 2.24) is 24.9 Å². The molecule has 1 saturated heterocycles. The standard InChI is InChI=1S/C22H26F3N7O3/c1-11(2)32-21(33-14-5-7-15(8-6-14)34-22(23,24)25)28-20(29-32)31-10-13-4-9-16(17(13)26)18(31)19-27-12(3)30-35-19/h5-8,11,13,16-18H,4,9-10,26H2,1-3H3. The van der Waals surface area contributed by atoms with Crippen LogP contribution in [0.5, 0.6) is 17.5 Å². The van der Waals surface area contributed by atoms with Crippen molar-refractivity contribution in [2.75, 3.05) is 11.4 Å². The van der Waals surface area contributed by atoms with Crippen molar-refractivity contribution in [2.45, 2.75) is 58.1 Å². The number of ether oxygens (including phenoxy) is 2. The average molecular weight is 493 g/mol. The molecule has 2 fully saturated rings. The van der Waals surface area contributed by atoms with Crippen LogP contribution in [-0.2, 0) is 0 Å². The number of nitrogens with two attached hydrogens (primary N) is 1. The first-order valence-corrected chi connectivity index (χ1v) is 11.4. The zero-order valence-electron chi connectivity index (χ0n) is 19.4. The summed E-state index contributed by atoms with van der Waals surface area (Å²) in [7, 11) is 0. The van der Waals surface area contributed by atoms with Gasteiger partial charge in [0.15, 0.2) is 5.82 Å². The van der Waals surface area contributed by atoms with Gasteiger partial charge in [-0.3, -0.25) is 0 Å². The van der Waals surface area contributed by atoms with Crippen LogP contribution in [0.2, 0.25) is 0 Å². The minimum atomic E-state index is -4.76. The van der Waals surface area contributed by atoms with E-state index in [1.807, 2.05) is 18.7 Å². The molecule has 4 unspecified atom stereocenters. The molecule has 2 aromatic heterocycles. The van der Waals surface area contributed by atoms with Gasteiger partial charge in [0.25, 0.3) is 0 Å². The summed E-state index contributed by atoms with van der Waals surface area (Å²) in [5.74, 6) is 1.82. The zero-order chi connectivity index (χ0) is 24.9. The molecule has 188 valence electrons. The summed E-state index contributed by atoms with van der Waals surface area (Å²) in [5, 5.41) is 8.66. The SMILES string of the molecule is Cc1noc(C2C3CCC(CN2c2nc(Oc4ccc(OC(F)(F)F)cc4)n(C(C)C)n2)C3N)n1. The molecule has 3 heterocycles. The summed E-state index contributed by atoms with van der Waals surface area (Å²) in [5.41, 5.74) is 6.53. The molecular formula is C22H26F3N7O3. The molecule has 4 atom stereocenters. The second-order valence-electron chi connectivity index (χ2n) is 9.21. The van der Waals surface area contributed by atoms with Crippen LogP contribution in [0.25, 0.3) is 0 Å². The molecule has 1 aliphatic heterocycles. The number of halogens is 3. The topological polar surface area (TPSA) is 117 Å². The van der Waals surface area contributed by atoms with Gasteiger partial charge >= 0.3 is 12.4 Å². The van der Waals surface area contributed by atoms with E-state index in [9.17, 15) is 13.2 Å². The largest absolute Gasteiger partial charge is 0.573 e. The molecule has 2 N–H and O–H groups in total. The van der Waals surface area contributed by atoms with Crippen molar-refractivity contribution < 1.29 is 27.2 Å². The molecule has 1 aliphatic carbocycles. The molecule has 2 bridgehead atoms. The number of fused-ring (bicyclic) bond motifs is 2. The number of anilines is 1. The summed E-state index contributed by atoms with van der Waals surface area (Å²) in [6.45, 7) is 6.26. The normalized spacial score (nSPS) is 24.3. The molecule has 35 heavy (non-hydrogen) atoms. The van der Waals surface area contributed by atoms with E-state index in [1.165, 1.54) is 24.3 Å². The van der Waals surface area contributed by atoms with Gasteiger partial charge < -0.3 is 24.6 Å². The van der Waals surface area contributed by atoms with E-state index >= 15 is 0 Å². The Morgan fingerprint density at radius 1 is 1.11 bits per heavy atom. The Hall–Kier alpha value is -3.35. The van der Waals surface area contributed by atoms with Crippen molar-refractivity contribution in [2.24, 2.45) is 17.6 Å². The number of piperidine rings is 1. The predicted molar refractivity (Wildman–Crippen MR) is 117 cm³/mol. The summed E-state index contributed by atoms with van der Waals surface area (Å²) in [6, 6.07) is 4.99. The summed E-state index contributed by atoms with van der Waals surface area (Å²) in [4.78, 5) is 11.2. The van der Waals surface area contributed by atoms with Crippen LogP contribution in [0, 0.1) is 18.8 Å². The molecule has 2 aliphatic rings. The number of hydrogen-bond acceptors (Lipinski definition) is 9. The Kier molecular flexibility index (Phi) is 5.82. The van der Waals surface area contributed by atoms with E-state index in [2.05, 4.69) is 19.9 Å². The van der Waals surface area contributed by atoms with E-state index in [0.717, 1.165) is 12.8 Å². The Morgan fingerprint density at radius 3 is 2.46 bits per heavy atom. The fourth-order valence-corrected chi connectivity index (χ4v) is 4.92. The molecule has 10 nitrogen and oxygen atoms in total. The highest BCUT2D eigenvalue weighted by Crippen LogP contribution is 2.47. The van der Waals surface area contributed by atoms with Gasteiger partial charge in [-0.1, -0.05) is 5.16 Å². The third-order valence-electron chi connectivity index (χ3n) is 6.48. The number of hydrogen-bond donors (Lipinski definition) is 1. The smallest absolute Gasteiger partial charge is 0.424 e. The number of benzene rings is 1. The Morgan fingerprint density at radius 2 is 1.83 bits per heavy atom. The van der Waals surface area contributed by atoms with Gasteiger partial charge in [0.1, 0.15) is 17.5 Å². The third kappa shape index (κ3) is 4.64. The summed E-state index contributed by atoms with van der Waals surface area (Å²) < 4.78 is 54.3. The quantitative estimate of drug-likeness (QED) is 0.540. The fraction of sp³-hybridized carbons (Fsp3) is 0.545. The monoisotopic (exact) mass is 493 g/mol. The van der Waals surface area contributed by atoms with Gasteiger partial charge in [-0.25, -0.2) is 4.68 Å². The van der Waals surface area contributed by atoms with Gasteiger partial charge in [0.05, 0.1) is 6.04 Å². The zero-order valence-corrected chi connectivity index (χ0v) is 19.4. The van der Waals surface area contributed by atoms with Crippen LogP contribution in [0.4, 0.5) is 19.1 Å². The molecule has 13 heteroatoms. The van der Waals surface area contributed by atoms with E-state index < -0.39 is 6.36 Å². The second-order valence-corrected chi connectivity index (χ2v) is 9.21. The number of alkyl halides is 3. The molecular weight excluding hydrogens is 467 g/mol. The minimum absolute atomic E-state index is 0.0174. The van der Waals surface area contributed by atoms with Crippen LogP contribution < -0.4 is 20.1 Å². The van der Waals surface area contributed by atoms with Crippen LogP contribution in [0.1, 0.15) is 50.5 Å². The first-order chi connectivity index (χ1) is 16.6. The third-order valence-corrected chi connectivity index (χ3v) is 6.48. The Labute approximate surface area is 199 Å². The predicted octanol–water partition coefficient (Wildman–Crippen LogP) is 4.16. The summed E-state index contributed by atoms with van der Waals surface area (Å²) in [6.07, 6.45) is -2.83. The van der Waals surface area contributed by atoms with E-state index in [-0.39, 0.29) is 41.7 Å². The van der Waals surface area contributed by atoms with Gasteiger partial charge in [-0.15, -0.1) is 18.3 Å². The van der Waals surface area contributed by atoms with Crippen molar-refractivity contribution in [1.29, 1.82) is 0 Å². The fourth-order valence-electron chi connectivity index (χ4n) is 4.92. The maximum absolute atomic E-state index is 12.4. The molecule has 0 spiro atoms. The molecule has 5 rings (SSSR count). The number of nitrogens with zero attached hydrogens (tertiary/aromatic N) is 6. The maximum atomic E-state index is 12.4. The average Bonchev–Trinajstić information content (AvgIpc) is 3.45. The molecule has 0 amide bonds. The molecule has 1 saturated carbocycles. The van der Waals surface area contributed by atoms with Gasteiger partial charge in [-0.2, -0.15) is 9.97 Å². The highest BCUT2D eigenvalue weighted by Gasteiger charge is 2.50. The lowest BCUT2D eigenvalue weighted by molar-refractivity contribution is -0.274. The first kappa shape index (κ1) is 23.4. The van der Waals surface area contributed by atoms with E-state index in [0.29, 0.717) is 30.0 Å². The van der Waals surface area contributed by atoms with E-state index in [4.69, 9.17) is 20.1 Å². The Balaban J connectivity index is 1.45. The lowest BCUT2D eigenvalue weighted by Gasteiger charge is -2.41. The Bertz CT molecular complexity index is 1180. The van der Waals surface area contributed by atoms with Crippen LogP contribution in [-0.4, -0.2) is 43.9 Å². The van der Waals surface area contributed by atoms with Crippen LogP contribution >= 0.6 is 0 Å². The molecule has 0 radical (unpaired) electrons. The summed E-state index contributed by atoms with van der Waals surface area (Å²) >= 11 is 0. The highest BCUT2D eigenvalue weighted by atomic mass is 19.4. The van der Waals surface area contributed by atoms with Gasteiger partial charge in [0.2, 0.25) is 11.8 Å². The number of rotatable bonds is 6. The van der Waals surface area contributed by atoms with Crippen molar-refractivity contribution in [3.63, 3.8) is 0 Å². The molecule has 1 aromatic carbocycles. The van der Waals surface area contributed by atoms with E-state index in [1.54, 1.807) is 11.6 Å². The minimum Gasteiger partial charge on any atom is -0.424 e. The lowest BCUT2D eigenvalue weighted by Crippen LogP contribution is -2.51. The maximum Gasteiger partial charge on any atom is 0.573 e. The van der Waals surface area contributed by atoms with Crippen molar-refractivity contribution in [3.05, 3.63) is 36.0 Å². The van der Waals surface area contributed by atoms with Crippen molar-refractivity contribution >= 4 is 5.95 Å². The van der Waals surface area contributed by atoms with Crippen LogP contribution in [0.15, 0.2) is 28.8 Å². The van der Waals surface area contributed by atoms with Gasteiger partial charge in [-0.05, 0) is 63.8 Å². The first-order valence-electron chi connectivity index (χ1n) is 11.4. The number of aryl methyl sites for hydroxylation is 1. The van der Waals surface area contributed by atoms with Crippen LogP contribution in [0.3, 0.4) is 0 Å². The molecule has 3 aromatic rings. The number of aromatic nitrogens is 5. The van der Waals surface area contributed by atoms with Crippen molar-refractivity contribution in [3.8, 4) is 17.5 Å². The second kappa shape index (κ2) is 8.70. The lowest BCUT2D eigenvalue weighted by atomic mass is 9.86. The highest BCUT2D eigenvalue weighted by molar-refractivity contribution is 5.39. The van der Waals surface area contributed by atoms with Gasteiger partial charge in [0, 0.05) is 18.5 Å².